The standard InChI is InChI=1S/C25H20ClNO6/c1-31-16-6-7-17(15(8-16)12-28)23-18-4-2-3-5-20(18)27(24(23)25(29)30)11-14-9-21-22(10-19(14)26)33-13-32-21/h2-10,28H,11-13H2,1H3,(H,29,30). The Morgan fingerprint density at radius 1 is 1.09 bits per heavy atom. The summed E-state index contributed by atoms with van der Waals surface area (Å²) >= 11 is 6.50. The number of carbonyl (C=O) groups is 1. The van der Waals surface area contributed by atoms with Crippen LogP contribution >= 0.6 is 11.6 Å². The Kier molecular flexibility index (Phi) is 5.36. The molecule has 3 aromatic carbocycles. The van der Waals surface area contributed by atoms with Gasteiger partial charge in [0, 0.05) is 27.6 Å². The van der Waals surface area contributed by atoms with Crippen molar-refractivity contribution in [3.63, 3.8) is 0 Å². The van der Waals surface area contributed by atoms with E-state index in [4.69, 9.17) is 25.8 Å². The zero-order valence-corrected chi connectivity index (χ0v) is 18.4. The second kappa shape index (κ2) is 8.35. The number of fused-ring (bicyclic) bond motifs is 2. The van der Waals surface area contributed by atoms with Crippen molar-refractivity contribution >= 4 is 28.5 Å². The van der Waals surface area contributed by atoms with Gasteiger partial charge < -0.3 is 29.0 Å². The van der Waals surface area contributed by atoms with Crippen molar-refractivity contribution in [2.75, 3.05) is 13.9 Å². The van der Waals surface area contributed by atoms with Gasteiger partial charge in [-0.2, -0.15) is 0 Å². The molecule has 2 N–H and O–H groups in total. The summed E-state index contributed by atoms with van der Waals surface area (Å²) in [5, 5.41) is 21.5. The Hall–Kier alpha value is -3.68. The van der Waals surface area contributed by atoms with E-state index in [0.29, 0.717) is 44.5 Å². The second-order valence-electron chi connectivity index (χ2n) is 7.61. The minimum Gasteiger partial charge on any atom is -0.497 e. The lowest BCUT2D eigenvalue weighted by Crippen LogP contribution is -2.11. The fourth-order valence-electron chi connectivity index (χ4n) is 4.29. The molecule has 1 aliphatic rings. The number of rotatable bonds is 6. The van der Waals surface area contributed by atoms with Gasteiger partial charge in [-0.15, -0.1) is 0 Å². The normalized spacial score (nSPS) is 12.3. The van der Waals surface area contributed by atoms with Crippen LogP contribution in [0.5, 0.6) is 17.2 Å². The van der Waals surface area contributed by atoms with Crippen LogP contribution in [0, 0.1) is 0 Å². The van der Waals surface area contributed by atoms with E-state index < -0.39 is 5.97 Å². The molecule has 4 aromatic rings. The molecule has 168 valence electrons. The Balaban J connectivity index is 1.75. The summed E-state index contributed by atoms with van der Waals surface area (Å²) in [7, 11) is 1.54. The van der Waals surface area contributed by atoms with E-state index in [-0.39, 0.29) is 25.6 Å². The number of aliphatic hydroxyl groups is 1. The third-order valence-electron chi connectivity index (χ3n) is 5.80. The van der Waals surface area contributed by atoms with Gasteiger partial charge in [-0.1, -0.05) is 35.9 Å². The highest BCUT2D eigenvalue weighted by Gasteiger charge is 2.26. The lowest BCUT2D eigenvalue weighted by atomic mass is 9.96. The summed E-state index contributed by atoms with van der Waals surface area (Å²) < 4.78 is 17.9. The minimum absolute atomic E-state index is 0.102. The number of hydrogen-bond donors (Lipinski definition) is 2. The molecular formula is C25H20ClNO6. The molecule has 1 aromatic heterocycles. The molecule has 5 rings (SSSR count). The molecular weight excluding hydrogens is 446 g/mol. The maximum Gasteiger partial charge on any atom is 0.353 e. The molecule has 0 aliphatic carbocycles. The summed E-state index contributed by atoms with van der Waals surface area (Å²) in [6, 6.07) is 16.2. The number of nitrogens with zero attached hydrogens (tertiary/aromatic N) is 1. The highest BCUT2D eigenvalue weighted by Crippen LogP contribution is 2.41. The molecule has 0 spiro atoms. The molecule has 0 saturated carbocycles. The van der Waals surface area contributed by atoms with Crippen molar-refractivity contribution in [2.45, 2.75) is 13.2 Å². The molecule has 33 heavy (non-hydrogen) atoms. The van der Waals surface area contributed by atoms with Gasteiger partial charge in [-0.05, 0) is 41.0 Å². The number of methoxy groups -OCH3 is 1. The number of aliphatic hydroxyl groups excluding tert-OH is 1. The van der Waals surface area contributed by atoms with Gasteiger partial charge >= 0.3 is 5.97 Å². The van der Waals surface area contributed by atoms with Gasteiger partial charge in [0.1, 0.15) is 11.4 Å². The molecule has 1 aliphatic heterocycles. The zero-order chi connectivity index (χ0) is 23.1. The third kappa shape index (κ3) is 3.55. The smallest absolute Gasteiger partial charge is 0.353 e. The van der Waals surface area contributed by atoms with E-state index in [2.05, 4.69) is 0 Å². The highest BCUT2D eigenvalue weighted by atomic mass is 35.5. The van der Waals surface area contributed by atoms with Gasteiger partial charge in [0.15, 0.2) is 11.5 Å². The first-order valence-corrected chi connectivity index (χ1v) is 10.6. The average Bonchev–Trinajstić information content (AvgIpc) is 3.41. The Labute approximate surface area is 194 Å². The van der Waals surface area contributed by atoms with Crippen LogP contribution < -0.4 is 14.2 Å². The number of carboxylic acids is 1. The number of hydrogen-bond acceptors (Lipinski definition) is 5. The van der Waals surface area contributed by atoms with Crippen LogP contribution in [0.1, 0.15) is 21.6 Å². The highest BCUT2D eigenvalue weighted by molar-refractivity contribution is 6.31. The molecule has 0 unspecified atom stereocenters. The second-order valence-corrected chi connectivity index (χ2v) is 8.02. The summed E-state index contributed by atoms with van der Waals surface area (Å²) in [5.41, 5.74) is 3.26. The summed E-state index contributed by atoms with van der Waals surface area (Å²) in [6.07, 6.45) is 0. The number of ether oxygens (including phenoxy) is 3. The van der Waals surface area contributed by atoms with Gasteiger partial charge in [0.25, 0.3) is 0 Å². The number of aromatic carboxylic acids is 1. The van der Waals surface area contributed by atoms with E-state index in [9.17, 15) is 15.0 Å². The van der Waals surface area contributed by atoms with Gasteiger partial charge in [0.05, 0.1) is 20.3 Å². The number of benzene rings is 3. The monoisotopic (exact) mass is 465 g/mol. The lowest BCUT2D eigenvalue weighted by molar-refractivity contribution is 0.0687. The Morgan fingerprint density at radius 3 is 2.58 bits per heavy atom. The van der Waals surface area contributed by atoms with Gasteiger partial charge in [-0.3, -0.25) is 0 Å². The fraction of sp³-hybridized carbons (Fsp3) is 0.160. The molecule has 0 bridgehead atoms. The van der Waals surface area contributed by atoms with Crippen molar-refractivity contribution in [1.29, 1.82) is 0 Å². The quantitative estimate of drug-likeness (QED) is 0.419. The molecule has 2 heterocycles. The topological polar surface area (TPSA) is 90.2 Å². The molecule has 7 nitrogen and oxygen atoms in total. The number of carboxylic acid groups (broad SMARTS) is 1. The van der Waals surface area contributed by atoms with E-state index >= 15 is 0 Å². The van der Waals surface area contributed by atoms with Crippen molar-refractivity contribution in [3.05, 3.63) is 76.4 Å². The predicted molar refractivity (Wildman–Crippen MR) is 123 cm³/mol. The van der Waals surface area contributed by atoms with Crippen LogP contribution in [0.25, 0.3) is 22.0 Å². The maximum atomic E-state index is 12.6. The van der Waals surface area contributed by atoms with Crippen LogP contribution in [0.2, 0.25) is 5.02 Å². The van der Waals surface area contributed by atoms with Crippen LogP contribution in [0.15, 0.2) is 54.6 Å². The molecule has 0 atom stereocenters. The minimum atomic E-state index is -1.09. The van der Waals surface area contributed by atoms with Crippen molar-refractivity contribution in [2.24, 2.45) is 0 Å². The molecule has 0 saturated heterocycles. The average molecular weight is 466 g/mol. The van der Waals surface area contributed by atoms with Crippen LogP contribution in [0.4, 0.5) is 0 Å². The maximum absolute atomic E-state index is 12.6. The number of halogens is 1. The number of aromatic nitrogens is 1. The fourth-order valence-corrected chi connectivity index (χ4v) is 4.50. The van der Waals surface area contributed by atoms with Crippen molar-refractivity contribution < 1.29 is 29.2 Å². The lowest BCUT2D eigenvalue weighted by Gasteiger charge is -2.13. The number of para-hydroxylation sites is 1. The molecule has 8 heteroatoms. The zero-order valence-electron chi connectivity index (χ0n) is 17.7. The van der Waals surface area contributed by atoms with Crippen LogP contribution in [0.3, 0.4) is 0 Å². The first-order valence-electron chi connectivity index (χ1n) is 10.2. The summed E-state index contributed by atoms with van der Waals surface area (Å²) in [6.45, 7) is 0.0643. The van der Waals surface area contributed by atoms with Crippen molar-refractivity contribution in [3.8, 4) is 28.4 Å². The third-order valence-corrected chi connectivity index (χ3v) is 6.15. The van der Waals surface area contributed by atoms with E-state index in [0.717, 1.165) is 10.9 Å². The van der Waals surface area contributed by atoms with E-state index in [1.165, 1.54) is 0 Å². The summed E-state index contributed by atoms with van der Waals surface area (Å²) in [5.74, 6) is 0.625. The van der Waals surface area contributed by atoms with Gasteiger partial charge in [-0.25, -0.2) is 4.79 Å². The van der Waals surface area contributed by atoms with Crippen molar-refractivity contribution in [1.82, 2.24) is 4.57 Å². The first kappa shape index (κ1) is 21.2. The summed E-state index contributed by atoms with van der Waals surface area (Å²) in [4.78, 5) is 12.6. The first-order chi connectivity index (χ1) is 16.0. The van der Waals surface area contributed by atoms with E-state index in [1.807, 2.05) is 24.3 Å². The molecule has 0 fully saturated rings. The SMILES string of the molecule is COc1ccc(-c2c(C(=O)O)n(Cc3cc4c(cc3Cl)OCO4)c3ccccc23)c(CO)c1. The predicted octanol–water partition coefficient (Wildman–Crippen LogP) is 4.94. The van der Waals surface area contributed by atoms with E-state index in [1.54, 1.807) is 42.0 Å². The van der Waals surface area contributed by atoms with Crippen LogP contribution in [-0.4, -0.2) is 34.7 Å². The van der Waals surface area contributed by atoms with Gasteiger partial charge in [0.2, 0.25) is 6.79 Å². The van der Waals surface area contributed by atoms with Crippen LogP contribution in [-0.2, 0) is 13.2 Å². The largest absolute Gasteiger partial charge is 0.497 e. The Bertz CT molecular complexity index is 1390. The molecule has 0 radical (unpaired) electrons. The Morgan fingerprint density at radius 2 is 1.85 bits per heavy atom. The molecule has 0 amide bonds.